The number of nitrogen functional groups attached to an aromatic ring is 1. The van der Waals surface area contributed by atoms with Crippen LogP contribution in [0.1, 0.15) is 25.3 Å². The van der Waals surface area contributed by atoms with Gasteiger partial charge in [-0.25, -0.2) is 4.98 Å². The van der Waals surface area contributed by atoms with Crippen LogP contribution in [-0.4, -0.2) is 72.6 Å². The Hall–Kier alpha value is -2.18. The van der Waals surface area contributed by atoms with Crippen LogP contribution in [0, 0.1) is 3.57 Å². The minimum absolute atomic E-state index is 0.158. The van der Waals surface area contributed by atoms with Gasteiger partial charge >= 0.3 is 0 Å². The number of nitrogens with zero attached hydrogens (tertiary/aromatic N) is 4. The lowest BCUT2D eigenvalue weighted by atomic mass is 10.0. The number of piperazine rings is 1. The van der Waals surface area contributed by atoms with Crippen molar-refractivity contribution in [2.45, 2.75) is 19.8 Å². The van der Waals surface area contributed by atoms with E-state index in [1.54, 1.807) is 7.11 Å². The van der Waals surface area contributed by atoms with Crippen molar-refractivity contribution in [2.75, 3.05) is 57.9 Å². The number of nitrogens with two attached hydrogens (primary N) is 1. The SMILES string of the molecule is COc1cc(C(C)C)c(Oc2cnc(NC(=O)CN3CCN(C)CC3)nc2N)cc1I. The highest BCUT2D eigenvalue weighted by Gasteiger charge is 2.18. The van der Waals surface area contributed by atoms with Crippen molar-refractivity contribution in [3.05, 3.63) is 27.5 Å². The van der Waals surface area contributed by atoms with Gasteiger partial charge in [-0.2, -0.15) is 4.98 Å². The molecule has 1 aromatic carbocycles. The van der Waals surface area contributed by atoms with E-state index >= 15 is 0 Å². The number of nitrogens with one attached hydrogen (secondary N) is 1. The minimum Gasteiger partial charge on any atom is -0.496 e. The molecule has 1 saturated heterocycles. The van der Waals surface area contributed by atoms with Gasteiger partial charge in [0.2, 0.25) is 11.9 Å². The zero-order valence-electron chi connectivity index (χ0n) is 18.3. The van der Waals surface area contributed by atoms with Crippen LogP contribution in [-0.2, 0) is 4.79 Å². The highest BCUT2D eigenvalue weighted by molar-refractivity contribution is 14.1. The third-order valence-electron chi connectivity index (χ3n) is 5.12. The number of halogens is 1. The molecule has 3 N–H and O–H groups in total. The van der Waals surface area contributed by atoms with E-state index in [0.29, 0.717) is 18.0 Å². The summed E-state index contributed by atoms with van der Waals surface area (Å²) < 4.78 is 12.4. The third kappa shape index (κ3) is 6.17. The number of carbonyl (C=O) groups is 1. The Morgan fingerprint density at radius 1 is 1.23 bits per heavy atom. The topological polar surface area (TPSA) is 106 Å². The van der Waals surface area contributed by atoms with E-state index in [-0.39, 0.29) is 23.6 Å². The van der Waals surface area contributed by atoms with Gasteiger partial charge in [0.15, 0.2) is 11.6 Å². The molecule has 0 bridgehead atoms. The maximum atomic E-state index is 12.3. The lowest BCUT2D eigenvalue weighted by Crippen LogP contribution is -2.47. The average Bonchev–Trinajstić information content (AvgIpc) is 2.71. The van der Waals surface area contributed by atoms with Crippen molar-refractivity contribution in [3.63, 3.8) is 0 Å². The zero-order valence-corrected chi connectivity index (χ0v) is 20.5. The Morgan fingerprint density at radius 3 is 2.55 bits per heavy atom. The van der Waals surface area contributed by atoms with E-state index < -0.39 is 0 Å². The molecule has 3 rings (SSSR count). The molecule has 2 heterocycles. The van der Waals surface area contributed by atoms with Crippen molar-refractivity contribution in [2.24, 2.45) is 0 Å². The molecule has 10 heteroatoms. The molecule has 1 aliphatic rings. The Balaban J connectivity index is 1.68. The number of anilines is 2. The number of ether oxygens (including phenoxy) is 2. The number of methoxy groups -OCH3 is 1. The maximum Gasteiger partial charge on any atom is 0.240 e. The first-order chi connectivity index (χ1) is 14.8. The fourth-order valence-corrected chi connectivity index (χ4v) is 3.92. The molecule has 1 aromatic heterocycles. The summed E-state index contributed by atoms with van der Waals surface area (Å²) in [6.45, 7) is 8.08. The second-order valence-corrected chi connectivity index (χ2v) is 9.01. The van der Waals surface area contributed by atoms with Crippen LogP contribution in [0.25, 0.3) is 0 Å². The van der Waals surface area contributed by atoms with Crippen LogP contribution in [0.2, 0.25) is 0 Å². The molecule has 0 aliphatic carbocycles. The second kappa shape index (κ2) is 10.4. The Bertz CT molecular complexity index is 932. The smallest absolute Gasteiger partial charge is 0.240 e. The van der Waals surface area contributed by atoms with Gasteiger partial charge in [-0.3, -0.25) is 15.0 Å². The fourth-order valence-electron chi connectivity index (χ4n) is 3.26. The summed E-state index contributed by atoms with van der Waals surface area (Å²) in [5.74, 6) is 2.17. The molecule has 0 unspecified atom stereocenters. The predicted molar refractivity (Wildman–Crippen MR) is 129 cm³/mol. The molecule has 9 nitrogen and oxygen atoms in total. The molecular formula is C21H29IN6O3. The van der Waals surface area contributed by atoms with Crippen molar-refractivity contribution in [3.8, 4) is 17.2 Å². The normalized spacial score (nSPS) is 15.2. The maximum absolute atomic E-state index is 12.3. The minimum atomic E-state index is -0.163. The van der Waals surface area contributed by atoms with Gasteiger partial charge in [0.05, 0.1) is 23.4 Å². The molecule has 0 saturated carbocycles. The number of hydrogen-bond acceptors (Lipinski definition) is 8. The number of carbonyl (C=O) groups excluding carboxylic acids is 1. The molecule has 0 atom stereocenters. The van der Waals surface area contributed by atoms with Gasteiger partial charge in [0.1, 0.15) is 11.5 Å². The first kappa shape index (κ1) is 23.5. The van der Waals surface area contributed by atoms with Crippen LogP contribution >= 0.6 is 22.6 Å². The van der Waals surface area contributed by atoms with Crippen LogP contribution in [0.15, 0.2) is 18.3 Å². The zero-order chi connectivity index (χ0) is 22.5. The summed E-state index contributed by atoms with van der Waals surface area (Å²) in [6, 6.07) is 3.87. The van der Waals surface area contributed by atoms with E-state index in [9.17, 15) is 4.79 Å². The third-order valence-corrected chi connectivity index (χ3v) is 5.97. The highest BCUT2D eigenvalue weighted by atomic mass is 127. The number of benzene rings is 1. The second-order valence-electron chi connectivity index (χ2n) is 7.85. The van der Waals surface area contributed by atoms with Gasteiger partial charge in [0.25, 0.3) is 0 Å². The number of hydrogen-bond donors (Lipinski definition) is 2. The molecular weight excluding hydrogens is 511 g/mol. The van der Waals surface area contributed by atoms with Crippen molar-refractivity contribution in [1.82, 2.24) is 19.8 Å². The van der Waals surface area contributed by atoms with Gasteiger partial charge in [-0.15, -0.1) is 0 Å². The first-order valence-corrected chi connectivity index (χ1v) is 11.2. The average molecular weight is 540 g/mol. The standard InChI is InChI=1S/C21H29IN6O3/c1-13(2)14-9-17(30-4)15(22)10-16(14)31-18-11-24-21(26-20(18)23)25-19(29)12-28-7-5-27(3)6-8-28/h9-11,13H,5-8,12H2,1-4H3,(H3,23,24,25,26,29). The van der Waals surface area contributed by atoms with E-state index in [1.165, 1.54) is 6.20 Å². The largest absolute Gasteiger partial charge is 0.496 e. The van der Waals surface area contributed by atoms with Crippen LogP contribution in [0.4, 0.5) is 11.8 Å². The molecule has 0 spiro atoms. The molecule has 1 amide bonds. The summed E-state index contributed by atoms with van der Waals surface area (Å²) in [6.07, 6.45) is 1.48. The number of rotatable bonds is 7. The van der Waals surface area contributed by atoms with Crippen LogP contribution < -0.4 is 20.5 Å². The predicted octanol–water partition coefficient (Wildman–Crippen LogP) is 2.77. The van der Waals surface area contributed by atoms with Gasteiger partial charge in [-0.1, -0.05) is 13.8 Å². The lowest BCUT2D eigenvalue weighted by molar-refractivity contribution is -0.117. The van der Waals surface area contributed by atoms with Gasteiger partial charge in [-0.05, 0) is 47.7 Å². The molecule has 1 aliphatic heterocycles. The molecule has 0 radical (unpaired) electrons. The summed E-state index contributed by atoms with van der Waals surface area (Å²) in [7, 11) is 3.72. The monoisotopic (exact) mass is 540 g/mol. The van der Waals surface area contributed by atoms with Crippen LogP contribution in [0.5, 0.6) is 17.2 Å². The number of amides is 1. The van der Waals surface area contributed by atoms with E-state index in [0.717, 1.165) is 41.1 Å². The summed E-state index contributed by atoms with van der Waals surface area (Å²) in [5, 5.41) is 2.72. The van der Waals surface area contributed by atoms with Crippen molar-refractivity contribution >= 4 is 40.3 Å². The van der Waals surface area contributed by atoms with Crippen molar-refractivity contribution < 1.29 is 14.3 Å². The van der Waals surface area contributed by atoms with E-state index in [1.807, 2.05) is 12.1 Å². The van der Waals surface area contributed by atoms with E-state index in [2.05, 4.69) is 68.6 Å². The van der Waals surface area contributed by atoms with Crippen LogP contribution in [0.3, 0.4) is 0 Å². The summed E-state index contributed by atoms with van der Waals surface area (Å²) in [5.41, 5.74) is 7.08. The van der Waals surface area contributed by atoms with Gasteiger partial charge in [0, 0.05) is 31.7 Å². The lowest BCUT2D eigenvalue weighted by Gasteiger charge is -2.31. The fraction of sp³-hybridized carbons (Fsp3) is 0.476. The number of likely N-dealkylation sites (N-methyl/N-ethyl adjacent to an activating group) is 1. The van der Waals surface area contributed by atoms with E-state index in [4.69, 9.17) is 15.2 Å². The Morgan fingerprint density at radius 2 is 1.94 bits per heavy atom. The first-order valence-electron chi connectivity index (χ1n) is 10.2. The van der Waals surface area contributed by atoms with Gasteiger partial charge < -0.3 is 20.1 Å². The molecule has 1 fully saturated rings. The summed E-state index contributed by atoms with van der Waals surface area (Å²) >= 11 is 2.20. The molecule has 168 valence electrons. The quantitative estimate of drug-likeness (QED) is 0.517. The molecule has 2 aromatic rings. The number of aromatic nitrogens is 2. The Labute approximate surface area is 196 Å². The van der Waals surface area contributed by atoms with Crippen molar-refractivity contribution in [1.29, 1.82) is 0 Å². The Kier molecular flexibility index (Phi) is 7.89. The summed E-state index contributed by atoms with van der Waals surface area (Å²) in [4.78, 5) is 25.1. The molecule has 31 heavy (non-hydrogen) atoms. The highest BCUT2D eigenvalue weighted by Crippen LogP contribution is 2.37.